The summed E-state index contributed by atoms with van der Waals surface area (Å²) in [5.74, 6) is 3.56. The first kappa shape index (κ1) is 17.4. The summed E-state index contributed by atoms with van der Waals surface area (Å²) in [6, 6.07) is 10.7. The maximum Gasteiger partial charge on any atom is 0.162 e. The Kier molecular flexibility index (Phi) is 4.38. The normalized spacial score (nSPS) is 22.6. The maximum absolute atomic E-state index is 5.81. The quantitative estimate of drug-likeness (QED) is 0.795. The van der Waals surface area contributed by atoms with Gasteiger partial charge >= 0.3 is 0 Å². The van der Waals surface area contributed by atoms with E-state index in [1.807, 2.05) is 6.07 Å². The van der Waals surface area contributed by atoms with Crippen molar-refractivity contribution in [2.24, 2.45) is 4.99 Å². The van der Waals surface area contributed by atoms with E-state index < -0.39 is 0 Å². The highest BCUT2D eigenvalue weighted by molar-refractivity contribution is 6.15. The van der Waals surface area contributed by atoms with E-state index in [0.29, 0.717) is 25.2 Å². The Labute approximate surface area is 165 Å². The molecule has 2 atom stereocenters. The molecular formula is C23H25NO4. The molecule has 2 aliphatic heterocycles. The summed E-state index contributed by atoms with van der Waals surface area (Å²) in [7, 11) is 3.37. The molecule has 1 aliphatic carbocycles. The number of hydrogen-bond acceptors (Lipinski definition) is 5. The molecule has 0 amide bonds. The van der Waals surface area contributed by atoms with Gasteiger partial charge < -0.3 is 18.9 Å². The van der Waals surface area contributed by atoms with Crippen molar-refractivity contribution in [2.75, 3.05) is 27.4 Å². The molecule has 0 bridgehead atoms. The SMILES string of the molecule is COc1cc2c(cc1OC)[C@H]1CCCC[C@H]1N=C2c1ccc2c(c1)OCCO2. The summed E-state index contributed by atoms with van der Waals surface area (Å²) in [5.41, 5.74) is 4.53. The predicted octanol–water partition coefficient (Wildman–Crippen LogP) is 4.35. The van der Waals surface area contributed by atoms with Crippen LogP contribution in [0.15, 0.2) is 35.3 Å². The van der Waals surface area contributed by atoms with Gasteiger partial charge in [0.1, 0.15) is 13.2 Å². The molecular weight excluding hydrogens is 354 g/mol. The average molecular weight is 379 g/mol. The van der Waals surface area contributed by atoms with E-state index in [1.165, 1.54) is 24.8 Å². The molecule has 1 saturated carbocycles. The van der Waals surface area contributed by atoms with E-state index in [9.17, 15) is 0 Å². The highest BCUT2D eigenvalue weighted by atomic mass is 16.6. The van der Waals surface area contributed by atoms with Gasteiger partial charge in [-0.05, 0) is 48.7 Å². The van der Waals surface area contributed by atoms with Crippen LogP contribution in [-0.2, 0) is 0 Å². The molecule has 0 radical (unpaired) electrons. The Hall–Kier alpha value is -2.69. The molecule has 2 aromatic rings. The number of methoxy groups -OCH3 is 2. The summed E-state index contributed by atoms with van der Waals surface area (Å²) in [6.45, 7) is 1.17. The van der Waals surface area contributed by atoms with Crippen molar-refractivity contribution in [1.29, 1.82) is 0 Å². The summed E-state index contributed by atoms with van der Waals surface area (Å²) in [6.07, 6.45) is 4.79. The fourth-order valence-corrected chi connectivity index (χ4v) is 4.69. The molecule has 2 aromatic carbocycles. The summed E-state index contributed by atoms with van der Waals surface area (Å²) in [5, 5.41) is 0. The van der Waals surface area contributed by atoms with Crippen LogP contribution in [0.4, 0.5) is 0 Å². The second-order valence-corrected chi connectivity index (χ2v) is 7.59. The first-order chi connectivity index (χ1) is 13.8. The third-order valence-electron chi connectivity index (χ3n) is 6.05. The van der Waals surface area contributed by atoms with Gasteiger partial charge in [-0.3, -0.25) is 4.99 Å². The number of fused-ring (bicyclic) bond motifs is 4. The lowest BCUT2D eigenvalue weighted by molar-refractivity contribution is 0.171. The molecule has 0 N–H and O–H groups in total. The molecule has 5 heteroatoms. The maximum atomic E-state index is 5.81. The summed E-state index contributed by atoms with van der Waals surface area (Å²) >= 11 is 0. The van der Waals surface area contributed by atoms with E-state index in [2.05, 4.69) is 24.3 Å². The van der Waals surface area contributed by atoms with Crippen molar-refractivity contribution in [3.8, 4) is 23.0 Å². The van der Waals surface area contributed by atoms with Crippen LogP contribution in [0.2, 0.25) is 0 Å². The lowest BCUT2D eigenvalue weighted by Gasteiger charge is -2.36. The minimum atomic E-state index is 0.322. The zero-order chi connectivity index (χ0) is 19.1. The van der Waals surface area contributed by atoms with Gasteiger partial charge in [-0.1, -0.05) is 12.8 Å². The van der Waals surface area contributed by atoms with Crippen LogP contribution in [0.1, 0.15) is 48.3 Å². The van der Waals surface area contributed by atoms with Crippen molar-refractivity contribution in [3.63, 3.8) is 0 Å². The fraction of sp³-hybridized carbons (Fsp3) is 0.435. The third-order valence-corrected chi connectivity index (χ3v) is 6.05. The van der Waals surface area contributed by atoms with Crippen LogP contribution >= 0.6 is 0 Å². The number of nitrogens with zero attached hydrogens (tertiary/aromatic N) is 1. The second kappa shape index (κ2) is 7.04. The third kappa shape index (κ3) is 2.81. The van der Waals surface area contributed by atoms with Crippen LogP contribution in [0.5, 0.6) is 23.0 Å². The van der Waals surface area contributed by atoms with Crippen molar-refractivity contribution < 1.29 is 18.9 Å². The van der Waals surface area contributed by atoms with Crippen molar-refractivity contribution in [2.45, 2.75) is 37.6 Å². The van der Waals surface area contributed by atoms with Gasteiger partial charge in [0.2, 0.25) is 0 Å². The highest BCUT2D eigenvalue weighted by Crippen LogP contribution is 2.45. The molecule has 5 rings (SSSR count). The smallest absolute Gasteiger partial charge is 0.162 e. The van der Waals surface area contributed by atoms with Gasteiger partial charge in [-0.2, -0.15) is 0 Å². The molecule has 28 heavy (non-hydrogen) atoms. The molecule has 5 nitrogen and oxygen atoms in total. The molecule has 0 saturated heterocycles. The van der Waals surface area contributed by atoms with E-state index in [-0.39, 0.29) is 0 Å². The minimum Gasteiger partial charge on any atom is -0.493 e. The van der Waals surface area contributed by atoms with Gasteiger partial charge in [0, 0.05) is 17.0 Å². The average Bonchev–Trinajstić information content (AvgIpc) is 2.77. The lowest BCUT2D eigenvalue weighted by Crippen LogP contribution is -2.29. The zero-order valence-electron chi connectivity index (χ0n) is 16.4. The van der Waals surface area contributed by atoms with Crippen LogP contribution < -0.4 is 18.9 Å². The topological polar surface area (TPSA) is 49.3 Å². The van der Waals surface area contributed by atoms with E-state index in [4.69, 9.17) is 23.9 Å². The van der Waals surface area contributed by atoms with Crippen molar-refractivity contribution in [1.82, 2.24) is 0 Å². The van der Waals surface area contributed by atoms with Gasteiger partial charge in [0.25, 0.3) is 0 Å². The Morgan fingerprint density at radius 2 is 1.64 bits per heavy atom. The molecule has 0 unspecified atom stereocenters. The number of benzene rings is 2. The number of ether oxygens (including phenoxy) is 4. The van der Waals surface area contributed by atoms with E-state index in [1.54, 1.807) is 14.2 Å². The molecule has 146 valence electrons. The summed E-state index contributed by atoms with van der Waals surface area (Å²) in [4.78, 5) is 5.22. The Bertz CT molecular complexity index is 936. The molecule has 0 aromatic heterocycles. The van der Waals surface area contributed by atoms with Crippen molar-refractivity contribution >= 4 is 5.71 Å². The van der Waals surface area contributed by atoms with Crippen LogP contribution in [-0.4, -0.2) is 39.2 Å². The molecule has 1 fully saturated rings. The molecule has 3 aliphatic rings. The van der Waals surface area contributed by atoms with E-state index in [0.717, 1.165) is 46.3 Å². The van der Waals surface area contributed by atoms with Gasteiger partial charge in [-0.25, -0.2) is 0 Å². The van der Waals surface area contributed by atoms with Gasteiger partial charge in [0.05, 0.1) is 26.0 Å². The molecule has 2 heterocycles. The highest BCUT2D eigenvalue weighted by Gasteiger charge is 2.34. The van der Waals surface area contributed by atoms with Crippen molar-refractivity contribution in [3.05, 3.63) is 47.0 Å². The Morgan fingerprint density at radius 3 is 2.46 bits per heavy atom. The van der Waals surface area contributed by atoms with Gasteiger partial charge in [-0.15, -0.1) is 0 Å². The Balaban J connectivity index is 1.66. The fourth-order valence-electron chi connectivity index (χ4n) is 4.69. The van der Waals surface area contributed by atoms with E-state index >= 15 is 0 Å². The Morgan fingerprint density at radius 1 is 0.893 bits per heavy atom. The number of aliphatic imine (C=N–C) groups is 1. The lowest BCUT2D eigenvalue weighted by atomic mass is 9.75. The van der Waals surface area contributed by atoms with Gasteiger partial charge in [0.15, 0.2) is 23.0 Å². The largest absolute Gasteiger partial charge is 0.493 e. The zero-order valence-corrected chi connectivity index (χ0v) is 16.4. The first-order valence-electron chi connectivity index (χ1n) is 10.0. The predicted molar refractivity (Wildman–Crippen MR) is 108 cm³/mol. The monoisotopic (exact) mass is 379 g/mol. The van der Waals surface area contributed by atoms with Crippen LogP contribution in [0.3, 0.4) is 0 Å². The minimum absolute atomic E-state index is 0.322. The second-order valence-electron chi connectivity index (χ2n) is 7.59. The number of hydrogen-bond donors (Lipinski definition) is 0. The standard InChI is InChI=1S/C23H25NO4/c1-25-20-12-16-15-5-3-4-6-18(15)24-23(17(16)13-21(20)26-2)14-7-8-19-22(11-14)28-10-9-27-19/h7-8,11-13,15,18H,3-6,9-10H2,1-2H3/t15-,18-/m1/s1. The number of rotatable bonds is 3. The van der Waals surface area contributed by atoms with Crippen LogP contribution in [0.25, 0.3) is 0 Å². The van der Waals surface area contributed by atoms with Crippen LogP contribution in [0, 0.1) is 0 Å². The molecule has 0 spiro atoms. The first-order valence-corrected chi connectivity index (χ1v) is 10.0. The summed E-state index contributed by atoms with van der Waals surface area (Å²) < 4.78 is 22.7.